The summed E-state index contributed by atoms with van der Waals surface area (Å²) in [6.07, 6.45) is -4.44. The Balaban J connectivity index is 1.33. The number of hydrogen-bond donors (Lipinski definition) is 5. The highest BCUT2D eigenvalue weighted by Gasteiger charge is 2.56. The molecule has 1 fully saturated rings. The SMILES string of the molecule is C=NC[C@]1(COP(=O)(N[C@@H](C)C(=O)OC)Oc2ccc(C[C@H](NC(=O)OCc3ccccc3)C(=O)OC(C)C)cc2)O[C@@H](c2ccc3c(N)ncnn23)[C@H](O)[C@@H]1O. The third-order valence-corrected chi connectivity index (χ3v) is 10.5. The zero-order chi connectivity index (χ0) is 41.3. The van der Waals surface area contributed by atoms with Crippen LogP contribution in [0.1, 0.15) is 43.7 Å². The molecule has 6 N–H and O–H groups in total. The second kappa shape index (κ2) is 18.7. The fourth-order valence-electron chi connectivity index (χ4n) is 6.00. The normalized spacial score (nSPS) is 21.3. The number of alkyl carbamates (subject to hydrolysis) is 1. The highest BCUT2D eigenvalue weighted by Crippen LogP contribution is 2.49. The Kier molecular flexibility index (Phi) is 14.0. The van der Waals surface area contributed by atoms with Crippen molar-refractivity contribution < 1.29 is 57.2 Å². The number of nitrogens with two attached hydrogens (primary N) is 1. The summed E-state index contributed by atoms with van der Waals surface area (Å²) in [4.78, 5) is 45.9. The second-order valence-electron chi connectivity index (χ2n) is 13.4. The van der Waals surface area contributed by atoms with Crippen LogP contribution in [0.25, 0.3) is 5.52 Å². The van der Waals surface area contributed by atoms with Crippen molar-refractivity contribution in [2.75, 3.05) is 26.0 Å². The number of carbonyl (C=O) groups is 3. The fraction of sp³-hybridized carbons (Fsp3) is 0.405. The van der Waals surface area contributed by atoms with Gasteiger partial charge in [-0.25, -0.2) is 23.7 Å². The molecule has 0 spiro atoms. The molecule has 1 amide bonds. The summed E-state index contributed by atoms with van der Waals surface area (Å²) in [7, 11) is -3.41. The molecule has 57 heavy (non-hydrogen) atoms. The van der Waals surface area contributed by atoms with Gasteiger partial charge in [0.25, 0.3) is 0 Å². The molecule has 1 saturated heterocycles. The van der Waals surface area contributed by atoms with Gasteiger partial charge in [0.1, 0.15) is 60.2 Å². The number of aromatic nitrogens is 3. The highest BCUT2D eigenvalue weighted by molar-refractivity contribution is 7.52. The molecular weight excluding hydrogens is 765 g/mol. The summed E-state index contributed by atoms with van der Waals surface area (Å²) in [6.45, 7) is 7.22. The van der Waals surface area contributed by atoms with Crippen molar-refractivity contribution in [1.29, 1.82) is 0 Å². The number of hydrogen-bond acceptors (Lipinski definition) is 16. The Hall–Kier alpha value is -5.43. The Morgan fingerprint density at radius 2 is 1.77 bits per heavy atom. The van der Waals surface area contributed by atoms with Crippen LogP contribution in [0, 0.1) is 0 Å². The van der Waals surface area contributed by atoms with Gasteiger partial charge in [-0.2, -0.15) is 10.2 Å². The summed E-state index contributed by atoms with van der Waals surface area (Å²) in [5.41, 5.74) is 6.22. The number of aliphatic hydroxyl groups is 2. The van der Waals surface area contributed by atoms with Gasteiger partial charge in [-0.1, -0.05) is 42.5 Å². The topological polar surface area (TPSA) is 257 Å². The first kappa shape index (κ1) is 42.7. The van der Waals surface area contributed by atoms with Crippen LogP contribution in [0.4, 0.5) is 10.6 Å². The van der Waals surface area contributed by atoms with Gasteiger partial charge < -0.3 is 44.7 Å². The molecule has 20 heteroatoms. The van der Waals surface area contributed by atoms with Gasteiger partial charge in [-0.3, -0.25) is 14.3 Å². The molecule has 5 rings (SSSR count). The maximum atomic E-state index is 14.4. The van der Waals surface area contributed by atoms with Crippen LogP contribution < -0.4 is 20.7 Å². The average molecular weight is 812 g/mol. The first-order valence-electron chi connectivity index (χ1n) is 17.8. The molecule has 0 saturated carbocycles. The van der Waals surface area contributed by atoms with Crippen molar-refractivity contribution in [3.05, 3.63) is 89.9 Å². The lowest BCUT2D eigenvalue weighted by molar-refractivity contribution is -0.149. The number of benzene rings is 2. The van der Waals surface area contributed by atoms with E-state index in [1.165, 1.54) is 29.9 Å². The number of nitrogens with zero attached hydrogens (tertiary/aromatic N) is 4. The number of nitrogen functional groups attached to an aromatic ring is 1. The molecule has 1 aliphatic heterocycles. The largest absolute Gasteiger partial charge is 0.468 e. The van der Waals surface area contributed by atoms with Crippen molar-refractivity contribution in [3.63, 3.8) is 0 Å². The molecule has 3 heterocycles. The van der Waals surface area contributed by atoms with Gasteiger partial charge in [0.15, 0.2) is 5.82 Å². The Morgan fingerprint density at radius 1 is 1.05 bits per heavy atom. The highest BCUT2D eigenvalue weighted by atomic mass is 31.2. The van der Waals surface area contributed by atoms with Gasteiger partial charge in [-0.15, -0.1) is 0 Å². The van der Waals surface area contributed by atoms with Crippen LogP contribution >= 0.6 is 7.75 Å². The number of amides is 1. The fourth-order valence-corrected chi connectivity index (χ4v) is 7.55. The lowest BCUT2D eigenvalue weighted by Gasteiger charge is -2.32. The number of rotatable bonds is 18. The number of methoxy groups -OCH3 is 1. The van der Waals surface area contributed by atoms with E-state index in [1.807, 2.05) is 6.07 Å². The van der Waals surface area contributed by atoms with Crippen molar-refractivity contribution >= 4 is 43.8 Å². The molecule has 1 unspecified atom stereocenters. The minimum absolute atomic E-state index is 0.00168. The van der Waals surface area contributed by atoms with Crippen molar-refractivity contribution in [2.45, 2.75) is 75.9 Å². The van der Waals surface area contributed by atoms with Crippen LogP contribution in [0.3, 0.4) is 0 Å². The summed E-state index contributed by atoms with van der Waals surface area (Å²) in [5, 5.41) is 31.8. The van der Waals surface area contributed by atoms with Crippen LogP contribution in [-0.2, 0) is 50.7 Å². The molecule has 19 nitrogen and oxygen atoms in total. The Morgan fingerprint density at radius 3 is 2.44 bits per heavy atom. The molecule has 7 atom stereocenters. The zero-order valence-electron chi connectivity index (χ0n) is 31.7. The van der Waals surface area contributed by atoms with E-state index in [2.05, 4.69) is 32.2 Å². The number of carbonyl (C=O) groups excluding carboxylic acids is 3. The lowest BCUT2D eigenvalue weighted by Crippen LogP contribution is -2.50. The smallest absolute Gasteiger partial charge is 0.459 e. The quantitative estimate of drug-likeness (QED) is 0.0419. The number of ether oxygens (including phenoxy) is 4. The van der Waals surface area contributed by atoms with Crippen LogP contribution in [0.5, 0.6) is 5.75 Å². The summed E-state index contributed by atoms with van der Waals surface area (Å²) < 4.78 is 49.2. The predicted octanol–water partition coefficient (Wildman–Crippen LogP) is 2.69. The van der Waals surface area contributed by atoms with E-state index in [1.54, 1.807) is 62.4 Å². The van der Waals surface area contributed by atoms with Crippen molar-refractivity contribution in [3.8, 4) is 5.75 Å². The van der Waals surface area contributed by atoms with Crippen molar-refractivity contribution in [1.82, 2.24) is 25.0 Å². The maximum Gasteiger partial charge on any atom is 0.459 e. The Bertz CT molecular complexity index is 2070. The molecule has 1 aliphatic rings. The molecular formula is C37H46N7O12P. The van der Waals surface area contributed by atoms with E-state index in [0.29, 0.717) is 16.8 Å². The minimum Gasteiger partial charge on any atom is -0.468 e. The molecule has 0 radical (unpaired) electrons. The molecule has 0 aliphatic carbocycles. The predicted molar refractivity (Wildman–Crippen MR) is 204 cm³/mol. The van der Waals surface area contributed by atoms with Crippen LogP contribution in [0.2, 0.25) is 0 Å². The molecule has 2 aromatic heterocycles. The second-order valence-corrected chi connectivity index (χ2v) is 15.1. The summed E-state index contributed by atoms with van der Waals surface area (Å²) in [6, 6.07) is 15.9. The molecule has 2 aromatic carbocycles. The van der Waals surface area contributed by atoms with E-state index in [0.717, 1.165) is 12.7 Å². The van der Waals surface area contributed by atoms with Gasteiger partial charge >= 0.3 is 25.8 Å². The van der Waals surface area contributed by atoms with E-state index in [4.69, 9.17) is 33.7 Å². The maximum absolute atomic E-state index is 14.4. The molecule has 0 bridgehead atoms. The third kappa shape index (κ3) is 10.5. The van der Waals surface area contributed by atoms with E-state index < -0.39 is 74.5 Å². The van der Waals surface area contributed by atoms with Crippen molar-refractivity contribution in [2.24, 2.45) is 4.99 Å². The summed E-state index contributed by atoms with van der Waals surface area (Å²) >= 11 is 0. The van der Waals surface area contributed by atoms with E-state index >= 15 is 0 Å². The van der Waals surface area contributed by atoms with Crippen LogP contribution in [0.15, 0.2) is 78.0 Å². The molecule has 4 aromatic rings. The van der Waals surface area contributed by atoms with Gasteiger partial charge in [-0.05, 0) is 62.9 Å². The van der Waals surface area contributed by atoms with Gasteiger partial charge in [0.2, 0.25) is 0 Å². The van der Waals surface area contributed by atoms with E-state index in [9.17, 15) is 29.2 Å². The third-order valence-electron chi connectivity index (χ3n) is 8.83. The zero-order valence-corrected chi connectivity index (χ0v) is 32.6. The van der Waals surface area contributed by atoms with Crippen LogP contribution in [-0.4, -0.2) is 106 Å². The van der Waals surface area contributed by atoms with E-state index in [-0.39, 0.29) is 31.1 Å². The minimum atomic E-state index is -4.56. The standard InChI is InChI=1S/C37H46N7O12P/c1-22(2)54-35(48)27(42-36(49)52-18-25-9-7-6-8-10-25)17-24-11-13-26(14-12-24)56-57(50,43-23(3)34(47)51-5)53-20-37(19-39-4)32(46)30(45)31(55-37)28-15-16-29-33(38)40-21-41-44(28)29/h6-16,21-23,27,30-32,45-46H,4,17-20H2,1-3,5H3,(H,42,49)(H,43,50)(H2,38,40,41)/t23-,27-,30-,31-,32-,37+,57?/m0/s1. The first-order valence-corrected chi connectivity index (χ1v) is 19.3. The first-order chi connectivity index (χ1) is 27.2. The molecule has 306 valence electrons. The number of esters is 2. The lowest BCUT2D eigenvalue weighted by atomic mass is 9.95. The summed E-state index contributed by atoms with van der Waals surface area (Å²) in [5.74, 6) is -1.30. The number of aliphatic imine (C=N–C) groups is 1. The average Bonchev–Trinajstić information content (AvgIpc) is 3.72. The Labute approximate surface area is 328 Å². The number of anilines is 1. The number of aliphatic hydroxyl groups excluding tert-OH is 2. The number of nitrogens with one attached hydrogen (secondary N) is 2. The number of fused-ring (bicyclic) bond motifs is 1. The monoisotopic (exact) mass is 811 g/mol. The van der Waals surface area contributed by atoms with Gasteiger partial charge in [0.05, 0.1) is 32.1 Å². The van der Waals surface area contributed by atoms with Gasteiger partial charge in [0, 0.05) is 6.42 Å².